The maximum atomic E-state index is 5.91. The van der Waals surface area contributed by atoms with Crippen molar-refractivity contribution in [3.05, 3.63) is 35.5 Å². The molecule has 0 saturated carbocycles. The SMILES string of the molecule is CN1CCCCC1CNc1nncc(-c2ccc(Cl)cc2)n1. The van der Waals surface area contributed by atoms with E-state index in [0.29, 0.717) is 17.0 Å². The Morgan fingerprint density at radius 3 is 2.86 bits per heavy atom. The van der Waals surface area contributed by atoms with E-state index in [1.54, 1.807) is 6.20 Å². The molecule has 0 radical (unpaired) electrons. The summed E-state index contributed by atoms with van der Waals surface area (Å²) in [5.74, 6) is 0.575. The molecule has 1 aliphatic rings. The maximum Gasteiger partial charge on any atom is 0.243 e. The van der Waals surface area contributed by atoms with E-state index in [1.807, 2.05) is 24.3 Å². The van der Waals surface area contributed by atoms with Crippen molar-refractivity contribution in [3.63, 3.8) is 0 Å². The Hall–Kier alpha value is -1.72. The fraction of sp³-hybridized carbons (Fsp3) is 0.438. The molecule has 2 aromatic rings. The zero-order valence-electron chi connectivity index (χ0n) is 12.7. The Morgan fingerprint density at radius 1 is 1.27 bits per heavy atom. The summed E-state index contributed by atoms with van der Waals surface area (Å²) in [6.45, 7) is 2.01. The van der Waals surface area contributed by atoms with Crippen LogP contribution in [0.15, 0.2) is 30.5 Å². The van der Waals surface area contributed by atoms with Crippen LogP contribution in [0, 0.1) is 0 Å². The molecule has 1 saturated heterocycles. The molecule has 6 heteroatoms. The van der Waals surface area contributed by atoms with Crippen molar-refractivity contribution in [2.24, 2.45) is 0 Å². The molecule has 116 valence electrons. The van der Waals surface area contributed by atoms with Gasteiger partial charge in [0.25, 0.3) is 0 Å². The van der Waals surface area contributed by atoms with E-state index in [0.717, 1.165) is 24.3 Å². The second-order valence-electron chi connectivity index (χ2n) is 5.68. The van der Waals surface area contributed by atoms with Crippen LogP contribution in [0.25, 0.3) is 11.3 Å². The van der Waals surface area contributed by atoms with Crippen molar-refractivity contribution in [1.82, 2.24) is 20.1 Å². The minimum absolute atomic E-state index is 0.538. The number of halogens is 1. The normalized spacial score (nSPS) is 19.1. The Labute approximate surface area is 135 Å². The maximum absolute atomic E-state index is 5.91. The van der Waals surface area contributed by atoms with Gasteiger partial charge in [-0.15, -0.1) is 5.10 Å². The summed E-state index contributed by atoms with van der Waals surface area (Å²) in [4.78, 5) is 6.93. The highest BCUT2D eigenvalue weighted by Crippen LogP contribution is 2.20. The Kier molecular flexibility index (Phi) is 4.85. The fourth-order valence-electron chi connectivity index (χ4n) is 2.75. The van der Waals surface area contributed by atoms with Gasteiger partial charge in [0.05, 0.1) is 11.9 Å². The zero-order chi connectivity index (χ0) is 15.4. The summed E-state index contributed by atoms with van der Waals surface area (Å²) >= 11 is 5.91. The molecule has 1 N–H and O–H groups in total. The van der Waals surface area contributed by atoms with Gasteiger partial charge in [0.2, 0.25) is 5.95 Å². The van der Waals surface area contributed by atoms with Crippen LogP contribution in [0.3, 0.4) is 0 Å². The fourth-order valence-corrected chi connectivity index (χ4v) is 2.88. The third-order valence-electron chi connectivity index (χ3n) is 4.12. The number of likely N-dealkylation sites (tertiary alicyclic amines) is 1. The smallest absolute Gasteiger partial charge is 0.243 e. The lowest BCUT2D eigenvalue weighted by Crippen LogP contribution is -2.41. The number of hydrogen-bond acceptors (Lipinski definition) is 5. The molecule has 0 spiro atoms. The van der Waals surface area contributed by atoms with Crippen molar-refractivity contribution < 1.29 is 0 Å². The van der Waals surface area contributed by atoms with Crippen LogP contribution in [0.1, 0.15) is 19.3 Å². The lowest BCUT2D eigenvalue weighted by atomic mass is 10.0. The summed E-state index contributed by atoms with van der Waals surface area (Å²) in [6.07, 6.45) is 5.46. The van der Waals surface area contributed by atoms with Crippen molar-refractivity contribution in [2.45, 2.75) is 25.3 Å². The van der Waals surface area contributed by atoms with Gasteiger partial charge in [0.15, 0.2) is 0 Å². The van der Waals surface area contributed by atoms with Crippen LogP contribution in [0.4, 0.5) is 5.95 Å². The Balaban J connectivity index is 1.67. The zero-order valence-corrected chi connectivity index (χ0v) is 13.4. The predicted molar refractivity (Wildman–Crippen MR) is 89.0 cm³/mol. The largest absolute Gasteiger partial charge is 0.351 e. The first-order valence-electron chi connectivity index (χ1n) is 7.62. The third-order valence-corrected chi connectivity index (χ3v) is 4.37. The van der Waals surface area contributed by atoms with Crippen molar-refractivity contribution >= 4 is 17.5 Å². The van der Waals surface area contributed by atoms with Gasteiger partial charge in [-0.2, -0.15) is 5.10 Å². The first-order chi connectivity index (χ1) is 10.7. The second kappa shape index (κ2) is 7.03. The minimum atomic E-state index is 0.538. The summed E-state index contributed by atoms with van der Waals surface area (Å²) in [7, 11) is 2.18. The molecular weight excluding hydrogens is 298 g/mol. The molecule has 0 amide bonds. The van der Waals surface area contributed by atoms with E-state index in [9.17, 15) is 0 Å². The van der Waals surface area contributed by atoms with Gasteiger partial charge in [-0.1, -0.05) is 30.2 Å². The topological polar surface area (TPSA) is 53.9 Å². The van der Waals surface area contributed by atoms with Gasteiger partial charge in [-0.25, -0.2) is 4.98 Å². The molecule has 5 nitrogen and oxygen atoms in total. The summed E-state index contributed by atoms with van der Waals surface area (Å²) < 4.78 is 0. The Bertz CT molecular complexity index is 616. The summed E-state index contributed by atoms with van der Waals surface area (Å²) in [5, 5.41) is 12.1. The van der Waals surface area contributed by atoms with Crippen LogP contribution in [-0.4, -0.2) is 46.3 Å². The van der Waals surface area contributed by atoms with Crippen LogP contribution >= 0.6 is 11.6 Å². The van der Waals surface area contributed by atoms with Crippen molar-refractivity contribution in [2.75, 3.05) is 25.5 Å². The van der Waals surface area contributed by atoms with Gasteiger partial charge < -0.3 is 10.2 Å². The predicted octanol–water partition coefficient (Wildman–Crippen LogP) is 3.09. The average molecular weight is 318 g/mol. The molecule has 1 unspecified atom stereocenters. The lowest BCUT2D eigenvalue weighted by Gasteiger charge is -2.32. The number of hydrogen-bond donors (Lipinski definition) is 1. The number of rotatable bonds is 4. The van der Waals surface area contributed by atoms with E-state index in [4.69, 9.17) is 11.6 Å². The van der Waals surface area contributed by atoms with E-state index < -0.39 is 0 Å². The van der Waals surface area contributed by atoms with E-state index in [2.05, 4.69) is 32.4 Å². The van der Waals surface area contributed by atoms with Gasteiger partial charge in [0, 0.05) is 23.2 Å². The number of nitrogens with zero attached hydrogens (tertiary/aromatic N) is 4. The second-order valence-corrected chi connectivity index (χ2v) is 6.12. The molecule has 3 rings (SSSR count). The Morgan fingerprint density at radius 2 is 2.09 bits per heavy atom. The molecule has 0 bridgehead atoms. The van der Waals surface area contributed by atoms with Crippen molar-refractivity contribution in [1.29, 1.82) is 0 Å². The molecule has 2 heterocycles. The average Bonchev–Trinajstić information content (AvgIpc) is 2.55. The minimum Gasteiger partial charge on any atom is -0.351 e. The summed E-state index contributed by atoms with van der Waals surface area (Å²) in [6, 6.07) is 8.11. The number of anilines is 1. The standard InChI is InChI=1S/C16H20ClN5/c1-22-9-3-2-4-14(22)10-18-16-20-15(11-19-21-16)12-5-7-13(17)8-6-12/h5-8,11,14H,2-4,9-10H2,1H3,(H,18,20,21). The first-order valence-corrected chi connectivity index (χ1v) is 8.00. The molecule has 1 aromatic heterocycles. The van der Waals surface area contributed by atoms with Gasteiger partial charge >= 0.3 is 0 Å². The molecule has 1 fully saturated rings. The number of nitrogens with one attached hydrogen (secondary N) is 1. The van der Waals surface area contributed by atoms with Gasteiger partial charge in [0.1, 0.15) is 0 Å². The molecular formula is C16H20ClN5. The molecule has 0 aliphatic carbocycles. The van der Waals surface area contributed by atoms with Gasteiger partial charge in [-0.05, 0) is 38.6 Å². The van der Waals surface area contributed by atoms with Crippen molar-refractivity contribution in [3.8, 4) is 11.3 Å². The molecule has 1 aromatic carbocycles. The number of likely N-dealkylation sites (N-methyl/N-ethyl adjacent to an activating group) is 1. The van der Waals surface area contributed by atoms with E-state index in [-0.39, 0.29) is 0 Å². The monoisotopic (exact) mass is 317 g/mol. The third kappa shape index (κ3) is 3.72. The van der Waals surface area contributed by atoms with Crippen LogP contribution < -0.4 is 5.32 Å². The molecule has 1 atom stereocenters. The number of aromatic nitrogens is 3. The highest BCUT2D eigenvalue weighted by atomic mass is 35.5. The van der Waals surface area contributed by atoms with Gasteiger partial charge in [-0.3, -0.25) is 0 Å². The van der Waals surface area contributed by atoms with Crippen LogP contribution in [0.2, 0.25) is 5.02 Å². The lowest BCUT2D eigenvalue weighted by molar-refractivity contribution is 0.194. The highest BCUT2D eigenvalue weighted by molar-refractivity contribution is 6.30. The van der Waals surface area contributed by atoms with Crippen LogP contribution in [0.5, 0.6) is 0 Å². The quantitative estimate of drug-likeness (QED) is 0.939. The molecule has 1 aliphatic heterocycles. The molecule has 22 heavy (non-hydrogen) atoms. The summed E-state index contributed by atoms with van der Waals surface area (Å²) in [5.41, 5.74) is 1.78. The van der Waals surface area contributed by atoms with Crippen LogP contribution in [-0.2, 0) is 0 Å². The number of benzene rings is 1. The van der Waals surface area contributed by atoms with E-state index in [1.165, 1.54) is 19.3 Å². The number of piperidine rings is 1. The first kappa shape index (κ1) is 15.2. The highest BCUT2D eigenvalue weighted by Gasteiger charge is 2.18. The van der Waals surface area contributed by atoms with E-state index >= 15 is 0 Å².